The minimum absolute atomic E-state index is 0.577. The van der Waals surface area contributed by atoms with Crippen molar-refractivity contribution in [2.24, 2.45) is 0 Å². The molecule has 22 rings (SSSR count). The highest BCUT2D eigenvalue weighted by Crippen LogP contribution is 2.45. The van der Waals surface area contributed by atoms with Crippen LogP contribution in [0.4, 0.5) is 0 Å². The van der Waals surface area contributed by atoms with Gasteiger partial charge in [0.05, 0.1) is 33.1 Å². The van der Waals surface area contributed by atoms with Crippen molar-refractivity contribution < 1.29 is 0 Å². The molecule has 0 aliphatic carbocycles. The summed E-state index contributed by atoms with van der Waals surface area (Å²) in [6.45, 7) is 0. The van der Waals surface area contributed by atoms with E-state index in [0.717, 1.165) is 66.9 Å². The number of para-hydroxylation sites is 3. The van der Waals surface area contributed by atoms with Crippen LogP contribution >= 0.6 is 34.0 Å². The molecule has 0 radical (unpaired) electrons. The predicted octanol–water partition coefficient (Wildman–Crippen LogP) is 26.3. The van der Waals surface area contributed by atoms with Gasteiger partial charge in [0.1, 0.15) is 0 Å². The minimum Gasteiger partial charge on any atom is -0.309 e. The lowest BCUT2D eigenvalue weighted by Crippen LogP contribution is -2.02. The topological polar surface area (TPSA) is 53.5 Å². The van der Waals surface area contributed by atoms with E-state index in [4.69, 9.17) is 15.0 Å². The van der Waals surface area contributed by atoms with Crippen LogP contribution in [-0.4, -0.2) is 28.7 Å². The van der Waals surface area contributed by atoms with E-state index in [0.29, 0.717) is 17.5 Å². The van der Waals surface area contributed by atoms with E-state index in [9.17, 15) is 0 Å². The maximum Gasteiger partial charge on any atom is 0.164 e. The first-order valence-corrected chi connectivity index (χ1v) is 36.9. The van der Waals surface area contributed by atoms with E-state index in [-0.39, 0.29) is 0 Å². The van der Waals surface area contributed by atoms with Crippen molar-refractivity contribution in [1.29, 1.82) is 0 Å². The fourth-order valence-electron chi connectivity index (χ4n) is 16.1. The highest BCUT2D eigenvalue weighted by Gasteiger charge is 2.22. The van der Waals surface area contributed by atoms with Gasteiger partial charge in [0.2, 0.25) is 0 Å². The Labute approximate surface area is 596 Å². The van der Waals surface area contributed by atoms with Crippen LogP contribution in [0.15, 0.2) is 328 Å². The number of fused-ring (bicyclic) bond motifs is 18. The van der Waals surface area contributed by atoms with E-state index in [1.807, 2.05) is 34.0 Å². The number of aromatic nitrogens is 6. The van der Waals surface area contributed by atoms with Crippen molar-refractivity contribution in [3.63, 3.8) is 0 Å². The molecule has 0 atom stereocenters. The Kier molecular flexibility index (Phi) is 12.6. The summed E-state index contributed by atoms with van der Waals surface area (Å²) in [5.41, 5.74) is 19.6. The molecule has 0 saturated carbocycles. The molecule has 0 saturated heterocycles. The number of thiophene rings is 3. The van der Waals surface area contributed by atoms with Crippen LogP contribution in [-0.2, 0) is 0 Å². The summed E-state index contributed by atoms with van der Waals surface area (Å²) in [4.78, 5) is 16.4. The quantitative estimate of drug-likeness (QED) is 0.145. The van der Waals surface area contributed by atoms with E-state index >= 15 is 0 Å². The van der Waals surface area contributed by atoms with Crippen molar-refractivity contribution in [1.82, 2.24) is 28.7 Å². The highest BCUT2D eigenvalue weighted by molar-refractivity contribution is 7.26. The molecule has 474 valence electrons. The SMILES string of the molecule is c1cc(-c2nc(-c3ccc(-n4c5ccccc5c5cc(-c6ccc7sc8ccccc8c7c6)ccc54)cc3)nc(-c3cccc(-n4c5ccccc5c5cc(-c6ccc7sc8ccccc8c7c6)ccc54)c3)n2)cc(-n2c3ccccc3c3cc(-c4ccc5sc6ccccc6c5c4)ccc32)c1. The third kappa shape index (κ3) is 8.98. The fraction of sp³-hybridized carbons (Fsp3) is 0. The van der Waals surface area contributed by atoms with E-state index < -0.39 is 0 Å². The Morgan fingerprint density at radius 3 is 0.814 bits per heavy atom. The number of hydrogen-bond acceptors (Lipinski definition) is 6. The summed E-state index contributed by atoms with van der Waals surface area (Å²) < 4.78 is 15.0. The Morgan fingerprint density at radius 2 is 0.441 bits per heavy atom. The molecule has 7 heterocycles. The highest BCUT2D eigenvalue weighted by atomic mass is 32.1. The van der Waals surface area contributed by atoms with Gasteiger partial charge in [-0.2, -0.15) is 0 Å². The minimum atomic E-state index is 0.577. The summed E-state index contributed by atoms with van der Waals surface area (Å²) in [5, 5.41) is 15.0. The monoisotopic (exact) mass is 1350 g/mol. The van der Waals surface area contributed by atoms with Crippen LogP contribution < -0.4 is 0 Å². The van der Waals surface area contributed by atoms with Gasteiger partial charge in [-0.3, -0.25) is 0 Å². The molecule has 9 heteroatoms. The van der Waals surface area contributed by atoms with E-state index in [1.54, 1.807) is 0 Å². The summed E-state index contributed by atoms with van der Waals surface area (Å²) >= 11 is 5.56. The molecule has 0 N–H and O–H groups in total. The lowest BCUT2D eigenvalue weighted by Gasteiger charge is -2.13. The number of hydrogen-bond donors (Lipinski definition) is 0. The second-order valence-corrected chi connectivity index (χ2v) is 29.9. The lowest BCUT2D eigenvalue weighted by molar-refractivity contribution is 1.07. The van der Waals surface area contributed by atoms with Gasteiger partial charge in [0.15, 0.2) is 17.5 Å². The van der Waals surface area contributed by atoms with E-state index in [1.165, 1.54) is 126 Å². The molecule has 15 aromatic carbocycles. The summed E-state index contributed by atoms with van der Waals surface area (Å²) in [6, 6.07) is 120. The third-order valence-electron chi connectivity index (χ3n) is 20.9. The molecule has 0 bridgehead atoms. The van der Waals surface area contributed by atoms with Crippen LogP contribution in [0.1, 0.15) is 0 Å². The van der Waals surface area contributed by atoms with Gasteiger partial charge in [-0.05, 0) is 191 Å². The normalized spacial score (nSPS) is 12.1. The smallest absolute Gasteiger partial charge is 0.164 e. The van der Waals surface area contributed by atoms with Crippen molar-refractivity contribution in [2.45, 2.75) is 0 Å². The van der Waals surface area contributed by atoms with Crippen LogP contribution in [0.5, 0.6) is 0 Å². The molecular weight excluding hydrogens is 1300 g/mol. The summed E-state index contributed by atoms with van der Waals surface area (Å²) in [6.07, 6.45) is 0. The van der Waals surface area contributed by atoms with Crippen molar-refractivity contribution >= 4 is 160 Å². The van der Waals surface area contributed by atoms with Gasteiger partial charge in [-0.25, -0.2) is 15.0 Å². The fourth-order valence-corrected chi connectivity index (χ4v) is 19.4. The molecular formula is C93H54N6S3. The van der Waals surface area contributed by atoms with Gasteiger partial charge in [0.25, 0.3) is 0 Å². The maximum absolute atomic E-state index is 5.50. The molecule has 0 unspecified atom stereocenters. The molecule has 102 heavy (non-hydrogen) atoms. The van der Waals surface area contributed by atoms with Gasteiger partial charge < -0.3 is 13.7 Å². The Hall–Kier alpha value is -12.6. The maximum atomic E-state index is 5.50. The Balaban J connectivity index is 0.672. The summed E-state index contributed by atoms with van der Waals surface area (Å²) in [7, 11) is 0. The number of nitrogens with zero attached hydrogens (tertiary/aromatic N) is 6. The van der Waals surface area contributed by atoms with E-state index in [2.05, 4.69) is 341 Å². The molecule has 0 amide bonds. The molecule has 0 aliphatic rings. The molecule has 6 nitrogen and oxygen atoms in total. The Bertz CT molecular complexity index is 6990. The number of rotatable bonds is 9. The average Bonchev–Trinajstić information content (AvgIpc) is 1.57. The second-order valence-electron chi connectivity index (χ2n) is 26.6. The predicted molar refractivity (Wildman–Crippen MR) is 434 cm³/mol. The van der Waals surface area contributed by atoms with Crippen molar-refractivity contribution in [3.05, 3.63) is 328 Å². The third-order valence-corrected chi connectivity index (χ3v) is 24.3. The molecule has 22 aromatic rings. The van der Waals surface area contributed by atoms with Crippen LogP contribution in [0, 0.1) is 0 Å². The zero-order chi connectivity index (χ0) is 66.7. The molecule has 0 fully saturated rings. The largest absolute Gasteiger partial charge is 0.309 e. The van der Waals surface area contributed by atoms with Crippen LogP contribution in [0.3, 0.4) is 0 Å². The van der Waals surface area contributed by atoms with Gasteiger partial charge in [-0.15, -0.1) is 34.0 Å². The molecule has 7 aromatic heterocycles. The van der Waals surface area contributed by atoms with Gasteiger partial charge >= 0.3 is 0 Å². The zero-order valence-corrected chi connectivity index (χ0v) is 57.0. The van der Waals surface area contributed by atoms with Crippen LogP contribution in [0.2, 0.25) is 0 Å². The number of benzene rings is 15. The Morgan fingerprint density at radius 1 is 0.167 bits per heavy atom. The van der Waals surface area contributed by atoms with Gasteiger partial charge in [-0.1, -0.05) is 170 Å². The van der Waals surface area contributed by atoms with Crippen LogP contribution in [0.25, 0.3) is 211 Å². The first-order valence-electron chi connectivity index (χ1n) is 34.4. The average molecular weight is 1350 g/mol. The van der Waals surface area contributed by atoms with Crippen molar-refractivity contribution in [3.8, 4) is 84.6 Å². The zero-order valence-electron chi connectivity index (χ0n) is 54.6. The van der Waals surface area contributed by atoms with Gasteiger partial charge in [0, 0.05) is 127 Å². The lowest BCUT2D eigenvalue weighted by atomic mass is 10.0. The molecule has 0 aliphatic heterocycles. The summed E-state index contributed by atoms with van der Waals surface area (Å²) in [5.74, 6) is 1.73. The first-order chi connectivity index (χ1) is 50.5. The standard InChI is InChI=1S/C93H54N6S3/c1-7-25-79-67(19-1)73-49-56(59-36-44-88-76(52-59)70-22-4-10-28-85(70)100-88)33-41-82(73)97(79)64-39-31-55(32-40-64)91-94-92(62-15-13-17-65(47-62)98-80-26-8-2-20-68(80)74-50-57(34-42-83(74)98)60-37-45-89-77(53-60)71-23-5-11-29-86(71)101-89)96-93(95-91)63-16-14-18-66(48-63)99-81-27-9-3-21-69(81)75-51-58(35-43-84(75)99)61-38-46-90-78(54-61)72-24-6-12-30-87(72)102-90/h1-54H. The first kappa shape index (κ1) is 57.3. The van der Waals surface area contributed by atoms with Crippen molar-refractivity contribution in [2.75, 3.05) is 0 Å². The molecule has 0 spiro atoms. The second kappa shape index (κ2) is 22.4.